The van der Waals surface area contributed by atoms with Crippen molar-refractivity contribution in [2.75, 3.05) is 18.6 Å². The van der Waals surface area contributed by atoms with Crippen molar-refractivity contribution in [3.63, 3.8) is 0 Å². The van der Waals surface area contributed by atoms with Crippen molar-refractivity contribution >= 4 is 33.4 Å². The Morgan fingerprint density at radius 3 is 2.63 bits per heavy atom. The highest BCUT2D eigenvalue weighted by atomic mass is 79.9. The van der Waals surface area contributed by atoms with Gasteiger partial charge in [-0.1, -0.05) is 33.6 Å². The molecule has 2 N–H and O–H groups in total. The third-order valence-corrected chi connectivity index (χ3v) is 5.32. The smallest absolute Gasteiger partial charge is 0.134 e. The van der Waals surface area contributed by atoms with E-state index in [-0.39, 0.29) is 0 Å². The van der Waals surface area contributed by atoms with Crippen LogP contribution < -0.4 is 10.5 Å². The van der Waals surface area contributed by atoms with Gasteiger partial charge in [-0.2, -0.15) is 0 Å². The molecule has 0 amide bonds. The van der Waals surface area contributed by atoms with Gasteiger partial charge in [0.2, 0.25) is 0 Å². The van der Waals surface area contributed by atoms with E-state index in [0.717, 1.165) is 26.6 Å². The Balaban J connectivity index is 2.72. The van der Waals surface area contributed by atoms with E-state index in [9.17, 15) is 0 Å². The van der Waals surface area contributed by atoms with Crippen LogP contribution in [0.5, 0.6) is 5.75 Å². The predicted molar refractivity (Wildman–Crippen MR) is 89.1 cm³/mol. The Labute approximate surface area is 129 Å². The highest BCUT2D eigenvalue weighted by molar-refractivity contribution is 9.10. The maximum atomic E-state index is 6.07. The van der Waals surface area contributed by atoms with Crippen LogP contribution in [0.1, 0.15) is 40.0 Å². The van der Waals surface area contributed by atoms with Crippen LogP contribution >= 0.6 is 27.7 Å². The van der Waals surface area contributed by atoms with E-state index < -0.39 is 0 Å². The Kier molecular flexibility index (Phi) is 6.54. The molecule has 19 heavy (non-hydrogen) atoms. The van der Waals surface area contributed by atoms with E-state index in [0.29, 0.717) is 5.41 Å². The second kappa shape index (κ2) is 7.44. The fourth-order valence-corrected chi connectivity index (χ4v) is 3.46. The number of nitrogens with two attached hydrogens (primary N) is 1. The fourth-order valence-electron chi connectivity index (χ4n) is 1.83. The Morgan fingerprint density at radius 1 is 1.37 bits per heavy atom. The Morgan fingerprint density at radius 2 is 2.05 bits per heavy atom. The van der Waals surface area contributed by atoms with Gasteiger partial charge in [-0.3, -0.25) is 0 Å². The number of thioether (sulfide) groups is 1. The highest BCUT2D eigenvalue weighted by Gasteiger charge is 2.18. The molecular weight excluding hydrogens is 322 g/mol. The average molecular weight is 346 g/mol. The molecule has 0 aliphatic carbocycles. The zero-order valence-electron chi connectivity index (χ0n) is 12.3. The van der Waals surface area contributed by atoms with Crippen molar-refractivity contribution in [2.24, 2.45) is 5.41 Å². The molecule has 0 saturated carbocycles. The number of benzene rings is 1. The number of ether oxygens (including phenoxy) is 1. The Bertz CT molecular complexity index is 421. The van der Waals surface area contributed by atoms with Crippen LogP contribution in [0.15, 0.2) is 21.5 Å². The summed E-state index contributed by atoms with van der Waals surface area (Å²) in [5.41, 5.74) is 7.22. The minimum Gasteiger partial charge on any atom is -0.496 e. The molecule has 0 radical (unpaired) electrons. The van der Waals surface area contributed by atoms with Crippen LogP contribution in [0.3, 0.4) is 0 Å². The van der Waals surface area contributed by atoms with E-state index >= 15 is 0 Å². The topological polar surface area (TPSA) is 35.2 Å². The lowest BCUT2D eigenvalue weighted by molar-refractivity contribution is 0.372. The number of anilines is 1. The molecule has 0 fully saturated rings. The lowest BCUT2D eigenvalue weighted by atomic mass is 9.90. The van der Waals surface area contributed by atoms with Gasteiger partial charge >= 0.3 is 0 Å². The molecule has 0 saturated heterocycles. The SMILES string of the molecule is CCCCC(C)(C)CSc1cc(OC)c(Br)cc1N. The molecule has 0 spiro atoms. The van der Waals surface area contributed by atoms with E-state index in [1.807, 2.05) is 23.9 Å². The van der Waals surface area contributed by atoms with Crippen molar-refractivity contribution in [1.82, 2.24) is 0 Å². The van der Waals surface area contributed by atoms with E-state index in [4.69, 9.17) is 10.5 Å². The summed E-state index contributed by atoms with van der Waals surface area (Å²) < 4.78 is 6.23. The van der Waals surface area contributed by atoms with Gasteiger partial charge in [-0.15, -0.1) is 11.8 Å². The summed E-state index contributed by atoms with van der Waals surface area (Å²) in [6, 6.07) is 3.93. The zero-order valence-corrected chi connectivity index (χ0v) is 14.7. The number of unbranched alkanes of at least 4 members (excludes halogenated alkanes) is 1. The zero-order chi connectivity index (χ0) is 14.5. The third kappa shape index (κ3) is 5.27. The molecule has 0 heterocycles. The predicted octanol–water partition coefficient (Wildman–Crippen LogP) is 5.35. The first-order valence-corrected chi connectivity index (χ1v) is 8.43. The summed E-state index contributed by atoms with van der Waals surface area (Å²) in [6.45, 7) is 6.88. The summed E-state index contributed by atoms with van der Waals surface area (Å²) in [6.07, 6.45) is 3.79. The summed E-state index contributed by atoms with van der Waals surface area (Å²) in [5, 5.41) is 0. The standard InChI is InChI=1S/C15H24BrNOS/c1-5-6-7-15(2,3)10-19-14-9-13(18-4)11(16)8-12(14)17/h8-9H,5-7,10,17H2,1-4H3. The first-order valence-electron chi connectivity index (χ1n) is 6.65. The lowest BCUT2D eigenvalue weighted by Crippen LogP contribution is -2.14. The second-order valence-corrected chi connectivity index (χ2v) is 7.45. The molecule has 0 aromatic heterocycles. The van der Waals surface area contributed by atoms with Crippen LogP contribution in [-0.4, -0.2) is 12.9 Å². The van der Waals surface area contributed by atoms with Crippen molar-refractivity contribution < 1.29 is 4.74 Å². The van der Waals surface area contributed by atoms with Gasteiger partial charge in [-0.25, -0.2) is 0 Å². The number of nitrogen functional groups attached to an aromatic ring is 1. The second-order valence-electron chi connectivity index (χ2n) is 5.58. The molecule has 108 valence electrons. The third-order valence-electron chi connectivity index (χ3n) is 3.11. The minimum atomic E-state index is 0.341. The van der Waals surface area contributed by atoms with Crippen LogP contribution in [-0.2, 0) is 0 Å². The quantitative estimate of drug-likeness (QED) is 0.534. The highest BCUT2D eigenvalue weighted by Crippen LogP contribution is 2.38. The molecule has 0 unspecified atom stereocenters. The molecule has 1 aromatic rings. The number of methoxy groups -OCH3 is 1. The Hall–Kier alpha value is -0.350. The average Bonchev–Trinajstić information content (AvgIpc) is 2.35. The molecule has 1 rings (SSSR count). The lowest BCUT2D eigenvalue weighted by Gasteiger charge is -2.24. The maximum Gasteiger partial charge on any atom is 0.134 e. The van der Waals surface area contributed by atoms with Crippen molar-refractivity contribution in [3.8, 4) is 5.75 Å². The summed E-state index contributed by atoms with van der Waals surface area (Å²) in [7, 11) is 1.68. The fraction of sp³-hybridized carbons (Fsp3) is 0.600. The number of hydrogen-bond acceptors (Lipinski definition) is 3. The van der Waals surface area contributed by atoms with Gasteiger partial charge in [0, 0.05) is 16.3 Å². The first-order chi connectivity index (χ1) is 8.89. The van der Waals surface area contributed by atoms with Crippen molar-refractivity contribution in [1.29, 1.82) is 0 Å². The molecule has 0 aliphatic heterocycles. The van der Waals surface area contributed by atoms with E-state index in [1.54, 1.807) is 7.11 Å². The number of rotatable bonds is 7. The maximum absolute atomic E-state index is 6.07. The van der Waals surface area contributed by atoms with Crippen LogP contribution in [0.2, 0.25) is 0 Å². The summed E-state index contributed by atoms with van der Waals surface area (Å²) >= 11 is 5.27. The van der Waals surface area contributed by atoms with Crippen LogP contribution in [0.25, 0.3) is 0 Å². The molecule has 0 atom stereocenters. The molecule has 1 aromatic carbocycles. The molecule has 2 nitrogen and oxygen atoms in total. The van der Waals surface area contributed by atoms with Crippen molar-refractivity contribution in [2.45, 2.75) is 44.9 Å². The van der Waals surface area contributed by atoms with Crippen LogP contribution in [0.4, 0.5) is 5.69 Å². The minimum absolute atomic E-state index is 0.341. The van der Waals surface area contributed by atoms with Gasteiger partial charge in [0.1, 0.15) is 5.75 Å². The molecule has 4 heteroatoms. The van der Waals surface area contributed by atoms with E-state index in [1.165, 1.54) is 19.3 Å². The summed E-state index contributed by atoms with van der Waals surface area (Å²) in [5.74, 6) is 1.91. The van der Waals surface area contributed by atoms with Gasteiger partial charge in [0.05, 0.1) is 11.6 Å². The van der Waals surface area contributed by atoms with Crippen molar-refractivity contribution in [3.05, 3.63) is 16.6 Å². The summed E-state index contributed by atoms with van der Waals surface area (Å²) in [4.78, 5) is 1.10. The largest absolute Gasteiger partial charge is 0.496 e. The number of hydrogen-bond donors (Lipinski definition) is 1. The van der Waals surface area contributed by atoms with E-state index in [2.05, 4.69) is 36.7 Å². The normalized spacial score (nSPS) is 11.6. The molecule has 0 aliphatic rings. The molecule has 0 bridgehead atoms. The van der Waals surface area contributed by atoms with Gasteiger partial charge in [0.25, 0.3) is 0 Å². The van der Waals surface area contributed by atoms with Crippen LogP contribution in [0, 0.1) is 5.41 Å². The number of halogens is 1. The monoisotopic (exact) mass is 345 g/mol. The van der Waals surface area contributed by atoms with Gasteiger partial charge < -0.3 is 10.5 Å². The molecular formula is C15H24BrNOS. The van der Waals surface area contributed by atoms with Gasteiger partial charge in [-0.05, 0) is 39.9 Å². The van der Waals surface area contributed by atoms with Gasteiger partial charge in [0.15, 0.2) is 0 Å². The first kappa shape index (κ1) is 16.7.